The van der Waals surface area contributed by atoms with Crippen molar-refractivity contribution in [2.24, 2.45) is 0 Å². The Kier molecular flexibility index (Phi) is 4.61. The van der Waals surface area contributed by atoms with Crippen molar-refractivity contribution in [3.05, 3.63) is 70.9 Å². The molecule has 0 radical (unpaired) electrons. The predicted octanol–water partition coefficient (Wildman–Crippen LogP) is 3.49. The second kappa shape index (κ2) is 6.66. The second-order valence-electron chi connectivity index (χ2n) is 5.92. The van der Waals surface area contributed by atoms with Gasteiger partial charge in [-0.1, -0.05) is 18.2 Å². The highest BCUT2D eigenvalue weighted by atomic mass is 32.1. The van der Waals surface area contributed by atoms with E-state index in [0.29, 0.717) is 6.54 Å². The normalized spacial score (nSPS) is 15.3. The third-order valence-electron chi connectivity index (χ3n) is 4.00. The summed E-state index contributed by atoms with van der Waals surface area (Å²) in [4.78, 5) is 5.04. The minimum Gasteiger partial charge on any atom is -0.383 e. The lowest BCUT2D eigenvalue weighted by Gasteiger charge is -2.25. The highest BCUT2D eigenvalue weighted by Crippen LogP contribution is 2.25. The van der Waals surface area contributed by atoms with Crippen LogP contribution in [0.5, 0.6) is 0 Å². The molecule has 0 aliphatic rings. The van der Waals surface area contributed by atoms with Gasteiger partial charge in [0.2, 0.25) is 0 Å². The fourth-order valence-electron chi connectivity index (χ4n) is 2.49. The molecule has 4 nitrogen and oxygen atoms in total. The number of hydrogen-bond donors (Lipinski definition) is 2. The summed E-state index contributed by atoms with van der Waals surface area (Å²) >= 11 is 1.58. The van der Waals surface area contributed by atoms with Crippen LogP contribution >= 0.6 is 11.3 Å². The van der Waals surface area contributed by atoms with Gasteiger partial charge in [-0.05, 0) is 43.0 Å². The van der Waals surface area contributed by atoms with Gasteiger partial charge in [0.15, 0.2) is 0 Å². The average molecular weight is 327 g/mol. The highest BCUT2D eigenvalue weighted by molar-refractivity contribution is 7.10. The third kappa shape index (κ3) is 3.69. The maximum Gasteiger partial charge on any atom is 0.108 e. The molecule has 2 aromatic heterocycles. The SMILES string of the molecule is C[C@@H](NC[C@@](C)(O)c1cccs1)c1ccc(-n2ccnc2)cc1. The molecule has 3 rings (SSSR count). The van der Waals surface area contributed by atoms with E-state index < -0.39 is 5.60 Å². The Bertz CT molecular complexity index is 718. The van der Waals surface area contributed by atoms with Crippen molar-refractivity contribution in [3.8, 4) is 5.69 Å². The molecule has 0 saturated heterocycles. The monoisotopic (exact) mass is 327 g/mol. The smallest absolute Gasteiger partial charge is 0.108 e. The molecule has 0 unspecified atom stereocenters. The third-order valence-corrected chi connectivity index (χ3v) is 5.12. The summed E-state index contributed by atoms with van der Waals surface area (Å²) < 4.78 is 1.98. The van der Waals surface area contributed by atoms with Crippen LogP contribution in [-0.4, -0.2) is 21.2 Å². The number of imidazole rings is 1. The van der Waals surface area contributed by atoms with Crippen LogP contribution < -0.4 is 5.32 Å². The molecule has 2 heterocycles. The second-order valence-corrected chi connectivity index (χ2v) is 6.86. The van der Waals surface area contributed by atoms with Gasteiger partial charge in [0.05, 0.1) is 6.33 Å². The maximum absolute atomic E-state index is 10.6. The average Bonchev–Trinajstić information content (AvgIpc) is 3.26. The zero-order chi connectivity index (χ0) is 16.3. The fourth-order valence-corrected chi connectivity index (χ4v) is 3.28. The summed E-state index contributed by atoms with van der Waals surface area (Å²) in [5.41, 5.74) is 1.43. The molecule has 0 saturated carbocycles. The van der Waals surface area contributed by atoms with Gasteiger partial charge in [-0.25, -0.2) is 4.98 Å². The number of benzene rings is 1. The van der Waals surface area contributed by atoms with Crippen LogP contribution in [0.25, 0.3) is 5.69 Å². The van der Waals surface area contributed by atoms with Gasteiger partial charge >= 0.3 is 0 Å². The first-order valence-electron chi connectivity index (χ1n) is 7.64. The van der Waals surface area contributed by atoms with Crippen LogP contribution in [0.4, 0.5) is 0 Å². The lowest BCUT2D eigenvalue weighted by molar-refractivity contribution is 0.0581. The number of nitrogens with zero attached hydrogens (tertiary/aromatic N) is 2. The maximum atomic E-state index is 10.6. The topological polar surface area (TPSA) is 50.1 Å². The Balaban J connectivity index is 1.63. The lowest BCUT2D eigenvalue weighted by atomic mass is 10.0. The van der Waals surface area contributed by atoms with Crippen LogP contribution in [0, 0.1) is 0 Å². The first kappa shape index (κ1) is 15.9. The first-order valence-corrected chi connectivity index (χ1v) is 8.52. The molecule has 0 spiro atoms. The Morgan fingerprint density at radius 2 is 2.09 bits per heavy atom. The van der Waals surface area contributed by atoms with E-state index in [2.05, 4.69) is 41.5 Å². The van der Waals surface area contributed by atoms with Crippen molar-refractivity contribution >= 4 is 11.3 Å². The molecule has 2 N–H and O–H groups in total. The number of aromatic nitrogens is 2. The summed E-state index contributed by atoms with van der Waals surface area (Å²) in [6, 6.07) is 12.5. The van der Waals surface area contributed by atoms with Gasteiger partial charge < -0.3 is 15.0 Å². The molecule has 0 bridgehead atoms. The largest absolute Gasteiger partial charge is 0.383 e. The zero-order valence-electron chi connectivity index (χ0n) is 13.3. The van der Waals surface area contributed by atoms with Gasteiger partial charge in [0.1, 0.15) is 5.60 Å². The number of nitrogens with one attached hydrogen (secondary N) is 1. The summed E-state index contributed by atoms with van der Waals surface area (Å²) in [6.45, 7) is 4.47. The molecule has 5 heteroatoms. The van der Waals surface area contributed by atoms with Crippen LogP contribution in [0.15, 0.2) is 60.5 Å². The van der Waals surface area contributed by atoms with E-state index in [-0.39, 0.29) is 6.04 Å². The summed E-state index contributed by atoms with van der Waals surface area (Å²) in [5, 5.41) is 16.0. The van der Waals surface area contributed by atoms with Crippen molar-refractivity contribution in [3.63, 3.8) is 0 Å². The highest BCUT2D eigenvalue weighted by Gasteiger charge is 2.24. The molecule has 0 amide bonds. The van der Waals surface area contributed by atoms with E-state index in [1.165, 1.54) is 5.56 Å². The molecule has 120 valence electrons. The van der Waals surface area contributed by atoms with Crippen LogP contribution in [-0.2, 0) is 5.60 Å². The Morgan fingerprint density at radius 3 is 2.70 bits per heavy atom. The molecule has 2 atom stereocenters. The van der Waals surface area contributed by atoms with Crippen LogP contribution in [0.1, 0.15) is 30.3 Å². The fraction of sp³-hybridized carbons (Fsp3) is 0.278. The van der Waals surface area contributed by atoms with E-state index in [4.69, 9.17) is 0 Å². The molecular formula is C18H21N3OS. The van der Waals surface area contributed by atoms with E-state index >= 15 is 0 Å². The number of rotatable bonds is 6. The van der Waals surface area contributed by atoms with E-state index in [1.807, 2.05) is 35.2 Å². The van der Waals surface area contributed by atoms with Crippen LogP contribution in [0.3, 0.4) is 0 Å². The van der Waals surface area contributed by atoms with Gasteiger partial charge in [-0.3, -0.25) is 0 Å². The minimum atomic E-state index is -0.848. The minimum absolute atomic E-state index is 0.165. The number of hydrogen-bond acceptors (Lipinski definition) is 4. The van der Waals surface area contributed by atoms with E-state index in [0.717, 1.165) is 10.6 Å². The first-order chi connectivity index (χ1) is 11.1. The molecule has 0 aliphatic carbocycles. The van der Waals surface area contributed by atoms with Crippen molar-refractivity contribution in [2.75, 3.05) is 6.54 Å². The van der Waals surface area contributed by atoms with Crippen LogP contribution in [0.2, 0.25) is 0 Å². The van der Waals surface area contributed by atoms with Crippen molar-refractivity contribution in [2.45, 2.75) is 25.5 Å². The summed E-state index contributed by atoms with van der Waals surface area (Å²) in [5.74, 6) is 0. The van der Waals surface area contributed by atoms with Gasteiger partial charge in [0, 0.05) is 35.5 Å². The molecule has 0 fully saturated rings. The van der Waals surface area contributed by atoms with E-state index in [9.17, 15) is 5.11 Å². The molecule has 1 aromatic carbocycles. The van der Waals surface area contributed by atoms with Crippen molar-refractivity contribution in [1.82, 2.24) is 14.9 Å². The predicted molar refractivity (Wildman–Crippen MR) is 93.9 cm³/mol. The molecule has 23 heavy (non-hydrogen) atoms. The van der Waals surface area contributed by atoms with Gasteiger partial charge in [-0.15, -0.1) is 11.3 Å². The van der Waals surface area contributed by atoms with Gasteiger partial charge in [0.25, 0.3) is 0 Å². The molecular weight excluding hydrogens is 306 g/mol. The standard InChI is InChI=1S/C18H21N3OS/c1-14(20-12-18(2,22)17-4-3-11-23-17)15-5-7-16(8-6-15)21-10-9-19-13-21/h3-11,13-14,20,22H,12H2,1-2H3/t14-,18-/m1/s1. The van der Waals surface area contributed by atoms with E-state index in [1.54, 1.807) is 23.9 Å². The lowest BCUT2D eigenvalue weighted by Crippen LogP contribution is -2.36. The van der Waals surface area contributed by atoms with Crippen molar-refractivity contribution in [1.29, 1.82) is 0 Å². The molecule has 3 aromatic rings. The number of thiophene rings is 1. The Morgan fingerprint density at radius 1 is 1.30 bits per heavy atom. The zero-order valence-corrected chi connectivity index (χ0v) is 14.1. The van der Waals surface area contributed by atoms with Crippen molar-refractivity contribution < 1.29 is 5.11 Å². The summed E-state index contributed by atoms with van der Waals surface area (Å²) in [6.07, 6.45) is 5.48. The quantitative estimate of drug-likeness (QED) is 0.728. The summed E-state index contributed by atoms with van der Waals surface area (Å²) in [7, 11) is 0. The number of aliphatic hydroxyl groups is 1. The van der Waals surface area contributed by atoms with Gasteiger partial charge in [-0.2, -0.15) is 0 Å². The Hall–Kier alpha value is -1.95. The Labute approximate surface area is 140 Å². The molecule has 0 aliphatic heterocycles.